The highest BCUT2D eigenvalue weighted by Crippen LogP contribution is 2.33. The lowest BCUT2D eigenvalue weighted by Gasteiger charge is -2.09. The highest BCUT2D eigenvalue weighted by Gasteiger charge is 2.21. The molecule has 0 aromatic carbocycles. The minimum absolute atomic E-state index is 0.564. The summed E-state index contributed by atoms with van der Waals surface area (Å²) in [6.07, 6.45) is 8.01. The first kappa shape index (κ1) is 11.7. The van der Waals surface area contributed by atoms with Gasteiger partial charge in [-0.3, -0.25) is 0 Å². The van der Waals surface area contributed by atoms with Crippen LogP contribution in [0.4, 0.5) is 0 Å². The van der Waals surface area contributed by atoms with E-state index in [1.807, 2.05) is 6.20 Å². The number of fused-ring (bicyclic) bond motifs is 1. The van der Waals surface area contributed by atoms with Crippen molar-refractivity contribution in [3.63, 3.8) is 0 Å². The van der Waals surface area contributed by atoms with E-state index in [9.17, 15) is 0 Å². The third-order valence-electron chi connectivity index (χ3n) is 3.95. The Morgan fingerprint density at radius 3 is 2.83 bits per heavy atom. The van der Waals surface area contributed by atoms with E-state index in [4.69, 9.17) is 15.7 Å². The van der Waals surface area contributed by atoms with E-state index in [0.29, 0.717) is 12.5 Å². The normalized spacial score (nSPS) is 16.8. The first-order chi connectivity index (χ1) is 8.79. The van der Waals surface area contributed by atoms with Gasteiger partial charge in [0, 0.05) is 17.5 Å². The molecule has 3 N–H and O–H groups in total. The van der Waals surface area contributed by atoms with Crippen LogP contribution < -0.4 is 5.73 Å². The zero-order chi connectivity index (χ0) is 12.5. The second kappa shape index (κ2) is 4.69. The van der Waals surface area contributed by atoms with Crippen LogP contribution in [0.2, 0.25) is 0 Å². The molecule has 2 aromatic rings. The Labute approximate surface area is 107 Å². The highest BCUT2D eigenvalue weighted by atomic mass is 15.0. The van der Waals surface area contributed by atoms with Crippen molar-refractivity contribution >= 4 is 11.0 Å². The number of nitrogens with one attached hydrogen (secondary N) is 1. The van der Waals surface area contributed by atoms with Gasteiger partial charge in [0.2, 0.25) is 0 Å². The quantitative estimate of drug-likeness (QED) is 0.871. The molecular formula is C14H20N4. The fourth-order valence-corrected chi connectivity index (χ4v) is 3.03. The van der Waals surface area contributed by atoms with Gasteiger partial charge >= 0.3 is 0 Å². The van der Waals surface area contributed by atoms with Crippen LogP contribution in [-0.4, -0.2) is 21.5 Å². The summed E-state index contributed by atoms with van der Waals surface area (Å²) >= 11 is 0. The summed E-state index contributed by atoms with van der Waals surface area (Å²) in [5.41, 5.74) is 8.94. The maximum absolute atomic E-state index is 5.64. The van der Waals surface area contributed by atoms with Crippen LogP contribution in [0.3, 0.4) is 0 Å². The van der Waals surface area contributed by atoms with Crippen molar-refractivity contribution in [2.75, 3.05) is 6.54 Å². The van der Waals surface area contributed by atoms with Crippen molar-refractivity contribution in [3.8, 4) is 0 Å². The predicted octanol–water partition coefficient (Wildman–Crippen LogP) is 2.43. The van der Waals surface area contributed by atoms with Crippen LogP contribution in [0.25, 0.3) is 11.0 Å². The summed E-state index contributed by atoms with van der Waals surface area (Å²) in [4.78, 5) is 12.7. The molecule has 3 rings (SSSR count). The van der Waals surface area contributed by atoms with Crippen molar-refractivity contribution in [1.29, 1.82) is 0 Å². The standard InChI is InChI=1S/C14H20N4/c1-9-12-11(6-7-15)8-16-14(12)18-13(17-9)10-4-2-3-5-10/h8,10H,2-7,15H2,1H3,(H,16,17,18). The molecular weight excluding hydrogens is 224 g/mol. The van der Waals surface area contributed by atoms with Crippen molar-refractivity contribution in [2.24, 2.45) is 5.73 Å². The van der Waals surface area contributed by atoms with Crippen molar-refractivity contribution < 1.29 is 0 Å². The maximum Gasteiger partial charge on any atom is 0.141 e. The number of nitrogens with two attached hydrogens (primary N) is 1. The number of nitrogens with zero attached hydrogens (tertiary/aromatic N) is 2. The number of hydrogen-bond acceptors (Lipinski definition) is 3. The van der Waals surface area contributed by atoms with Gasteiger partial charge in [-0.2, -0.15) is 0 Å². The number of aromatic amines is 1. The van der Waals surface area contributed by atoms with E-state index in [1.165, 1.54) is 36.6 Å². The molecule has 0 bridgehead atoms. The Kier molecular flexibility index (Phi) is 3.04. The molecule has 1 aliphatic carbocycles. The lowest BCUT2D eigenvalue weighted by Crippen LogP contribution is -2.05. The smallest absolute Gasteiger partial charge is 0.141 e. The minimum atomic E-state index is 0.564. The van der Waals surface area contributed by atoms with Crippen LogP contribution in [0.1, 0.15) is 48.7 Å². The molecule has 2 aromatic heterocycles. The summed E-state index contributed by atoms with van der Waals surface area (Å²) in [6, 6.07) is 0. The van der Waals surface area contributed by atoms with E-state index in [2.05, 4.69) is 11.9 Å². The van der Waals surface area contributed by atoms with Gasteiger partial charge in [0.05, 0.1) is 5.69 Å². The molecule has 0 atom stereocenters. The fourth-order valence-electron chi connectivity index (χ4n) is 3.03. The summed E-state index contributed by atoms with van der Waals surface area (Å²) in [7, 11) is 0. The number of hydrogen-bond donors (Lipinski definition) is 2. The molecule has 1 fully saturated rings. The SMILES string of the molecule is Cc1nc(C2CCCC2)nc2[nH]cc(CCN)c12. The monoisotopic (exact) mass is 244 g/mol. The zero-order valence-corrected chi connectivity index (χ0v) is 10.9. The van der Waals surface area contributed by atoms with Gasteiger partial charge < -0.3 is 10.7 Å². The van der Waals surface area contributed by atoms with Crippen molar-refractivity contribution in [3.05, 3.63) is 23.3 Å². The molecule has 4 heteroatoms. The summed E-state index contributed by atoms with van der Waals surface area (Å²) in [5.74, 6) is 1.59. The molecule has 18 heavy (non-hydrogen) atoms. The molecule has 0 aliphatic heterocycles. The molecule has 2 heterocycles. The van der Waals surface area contributed by atoms with Gasteiger partial charge in [0.25, 0.3) is 0 Å². The Morgan fingerprint density at radius 1 is 1.33 bits per heavy atom. The summed E-state index contributed by atoms with van der Waals surface area (Å²) < 4.78 is 0. The first-order valence-corrected chi connectivity index (χ1v) is 6.84. The van der Waals surface area contributed by atoms with E-state index < -0.39 is 0 Å². The molecule has 4 nitrogen and oxygen atoms in total. The molecule has 0 amide bonds. The van der Waals surface area contributed by atoms with Crippen LogP contribution in [-0.2, 0) is 6.42 Å². The average Bonchev–Trinajstić information content (AvgIpc) is 2.98. The highest BCUT2D eigenvalue weighted by molar-refractivity contribution is 5.82. The molecule has 0 radical (unpaired) electrons. The topological polar surface area (TPSA) is 67.6 Å². The van der Waals surface area contributed by atoms with Gasteiger partial charge in [-0.25, -0.2) is 9.97 Å². The van der Waals surface area contributed by atoms with Crippen molar-refractivity contribution in [2.45, 2.75) is 44.9 Å². The lowest BCUT2D eigenvalue weighted by molar-refractivity contribution is 0.668. The molecule has 0 spiro atoms. The number of aryl methyl sites for hydroxylation is 1. The third kappa shape index (κ3) is 1.90. The fraction of sp³-hybridized carbons (Fsp3) is 0.571. The Morgan fingerprint density at radius 2 is 2.11 bits per heavy atom. The number of rotatable bonds is 3. The summed E-state index contributed by atoms with van der Waals surface area (Å²) in [6.45, 7) is 2.74. The maximum atomic E-state index is 5.64. The molecule has 1 saturated carbocycles. The lowest BCUT2D eigenvalue weighted by atomic mass is 10.1. The molecule has 0 unspecified atom stereocenters. The zero-order valence-electron chi connectivity index (χ0n) is 10.9. The number of aromatic nitrogens is 3. The largest absolute Gasteiger partial charge is 0.346 e. The Balaban J connectivity index is 2.05. The van der Waals surface area contributed by atoms with Crippen LogP contribution in [0.5, 0.6) is 0 Å². The van der Waals surface area contributed by atoms with Gasteiger partial charge in [-0.05, 0) is 38.3 Å². The van der Waals surface area contributed by atoms with Gasteiger partial charge in [0.1, 0.15) is 11.5 Å². The molecule has 96 valence electrons. The van der Waals surface area contributed by atoms with Gasteiger partial charge in [0.15, 0.2) is 0 Å². The van der Waals surface area contributed by atoms with Crippen LogP contribution in [0, 0.1) is 6.92 Å². The van der Waals surface area contributed by atoms with Gasteiger partial charge in [-0.1, -0.05) is 12.8 Å². The van der Waals surface area contributed by atoms with E-state index in [0.717, 1.165) is 23.6 Å². The second-order valence-corrected chi connectivity index (χ2v) is 5.22. The Hall–Kier alpha value is -1.42. The minimum Gasteiger partial charge on any atom is -0.346 e. The third-order valence-corrected chi connectivity index (χ3v) is 3.95. The second-order valence-electron chi connectivity index (χ2n) is 5.22. The van der Waals surface area contributed by atoms with Gasteiger partial charge in [-0.15, -0.1) is 0 Å². The van der Waals surface area contributed by atoms with Crippen LogP contribution in [0.15, 0.2) is 6.20 Å². The first-order valence-electron chi connectivity index (χ1n) is 6.84. The molecule has 0 saturated heterocycles. The Bertz CT molecular complexity index is 552. The predicted molar refractivity (Wildman–Crippen MR) is 72.6 cm³/mol. The van der Waals surface area contributed by atoms with Crippen LogP contribution >= 0.6 is 0 Å². The average molecular weight is 244 g/mol. The van der Waals surface area contributed by atoms with E-state index in [1.54, 1.807) is 0 Å². The van der Waals surface area contributed by atoms with Crippen molar-refractivity contribution in [1.82, 2.24) is 15.0 Å². The van der Waals surface area contributed by atoms with E-state index in [-0.39, 0.29) is 0 Å². The molecule has 1 aliphatic rings. The van der Waals surface area contributed by atoms with E-state index >= 15 is 0 Å². The summed E-state index contributed by atoms with van der Waals surface area (Å²) in [5, 5.41) is 1.17. The number of H-pyrrole nitrogens is 1.